The zero-order valence-corrected chi connectivity index (χ0v) is 10.6. The summed E-state index contributed by atoms with van der Waals surface area (Å²) in [5.41, 5.74) is 12.1. The van der Waals surface area contributed by atoms with Crippen molar-refractivity contribution in [1.29, 1.82) is 0 Å². The molecule has 6 nitrogen and oxygen atoms in total. The number of nitrogens with two attached hydrogens (primary N) is 2. The average Bonchev–Trinajstić information content (AvgIpc) is 2.28. The van der Waals surface area contributed by atoms with Crippen LogP contribution in [0.2, 0.25) is 0 Å². The summed E-state index contributed by atoms with van der Waals surface area (Å²) in [6.07, 6.45) is -0.978. The van der Waals surface area contributed by atoms with E-state index in [1.54, 1.807) is 31.1 Å². The predicted molar refractivity (Wildman–Crippen MR) is 69.3 cm³/mol. The van der Waals surface area contributed by atoms with Gasteiger partial charge in [-0.2, -0.15) is 0 Å². The van der Waals surface area contributed by atoms with Crippen LogP contribution in [0.5, 0.6) is 0 Å². The third-order valence-corrected chi connectivity index (χ3v) is 2.41. The molecular formula is C12H17N3O3. The van der Waals surface area contributed by atoms with Crippen LogP contribution in [0.1, 0.15) is 17.3 Å². The minimum absolute atomic E-state index is 0.299. The molecule has 0 spiro atoms. The molecule has 0 bridgehead atoms. The van der Waals surface area contributed by atoms with Crippen molar-refractivity contribution in [3.05, 3.63) is 23.8 Å². The van der Waals surface area contributed by atoms with Crippen molar-refractivity contribution >= 4 is 23.3 Å². The second-order valence-corrected chi connectivity index (χ2v) is 4.12. The minimum Gasteiger partial charge on any atom is -0.449 e. The molecule has 6 heteroatoms. The van der Waals surface area contributed by atoms with Gasteiger partial charge in [0, 0.05) is 19.8 Å². The number of hydrogen-bond acceptors (Lipinski definition) is 5. The molecule has 1 unspecified atom stereocenters. The van der Waals surface area contributed by atoms with Crippen LogP contribution < -0.4 is 16.4 Å². The van der Waals surface area contributed by atoms with Crippen molar-refractivity contribution in [2.45, 2.75) is 13.0 Å². The molecule has 0 aliphatic carbocycles. The zero-order chi connectivity index (χ0) is 13.9. The molecule has 0 radical (unpaired) electrons. The van der Waals surface area contributed by atoms with Gasteiger partial charge in [0.1, 0.15) is 0 Å². The van der Waals surface area contributed by atoms with Crippen molar-refractivity contribution in [2.75, 3.05) is 24.7 Å². The van der Waals surface area contributed by atoms with Crippen LogP contribution >= 0.6 is 0 Å². The van der Waals surface area contributed by atoms with Gasteiger partial charge in [-0.05, 0) is 25.1 Å². The molecular weight excluding hydrogens is 234 g/mol. The number of benzene rings is 1. The average molecular weight is 251 g/mol. The number of primary amides is 1. The molecule has 18 heavy (non-hydrogen) atoms. The van der Waals surface area contributed by atoms with E-state index in [-0.39, 0.29) is 0 Å². The van der Waals surface area contributed by atoms with Crippen molar-refractivity contribution in [3.8, 4) is 0 Å². The number of amides is 1. The lowest BCUT2D eigenvalue weighted by atomic mass is 10.1. The van der Waals surface area contributed by atoms with Crippen molar-refractivity contribution in [2.24, 2.45) is 5.73 Å². The second-order valence-electron chi connectivity index (χ2n) is 4.12. The van der Waals surface area contributed by atoms with E-state index in [0.29, 0.717) is 16.9 Å². The molecule has 1 amide bonds. The van der Waals surface area contributed by atoms with Crippen molar-refractivity contribution in [1.82, 2.24) is 0 Å². The Bertz CT molecular complexity index is 472. The summed E-state index contributed by atoms with van der Waals surface area (Å²) in [6.45, 7) is 1.42. The van der Waals surface area contributed by atoms with E-state index < -0.39 is 18.0 Å². The van der Waals surface area contributed by atoms with Crippen LogP contribution in [0.25, 0.3) is 0 Å². The highest BCUT2D eigenvalue weighted by Gasteiger charge is 2.19. The van der Waals surface area contributed by atoms with Crippen molar-refractivity contribution < 1.29 is 14.3 Å². The van der Waals surface area contributed by atoms with Gasteiger partial charge in [0.15, 0.2) is 6.10 Å². The Morgan fingerprint density at radius 2 is 1.94 bits per heavy atom. The van der Waals surface area contributed by atoms with E-state index in [0.717, 1.165) is 0 Å². The van der Waals surface area contributed by atoms with Crippen LogP contribution in [0.15, 0.2) is 18.2 Å². The molecule has 0 heterocycles. The first-order valence-corrected chi connectivity index (χ1v) is 5.40. The highest BCUT2D eigenvalue weighted by Crippen LogP contribution is 2.22. The lowest BCUT2D eigenvalue weighted by Gasteiger charge is -2.18. The number of carbonyl (C=O) groups excluding carboxylic acids is 2. The van der Waals surface area contributed by atoms with Gasteiger partial charge in [-0.25, -0.2) is 4.79 Å². The standard InChI is InChI=1S/C12H17N3O3/c1-7(11(14)16)18-12(17)9-6-8(13)4-5-10(9)15(2)3/h4-7H,13H2,1-3H3,(H2,14,16). The maximum Gasteiger partial charge on any atom is 0.341 e. The number of hydrogen-bond donors (Lipinski definition) is 2. The molecule has 1 rings (SSSR count). The first kappa shape index (κ1) is 13.8. The van der Waals surface area contributed by atoms with E-state index in [4.69, 9.17) is 16.2 Å². The van der Waals surface area contributed by atoms with Crippen LogP contribution in [-0.4, -0.2) is 32.1 Å². The molecule has 0 aromatic heterocycles. The van der Waals surface area contributed by atoms with Gasteiger partial charge in [-0.3, -0.25) is 4.79 Å². The summed E-state index contributed by atoms with van der Waals surface area (Å²) in [5, 5.41) is 0. The molecule has 1 atom stereocenters. The maximum absolute atomic E-state index is 11.9. The Morgan fingerprint density at radius 3 is 2.44 bits per heavy atom. The first-order chi connectivity index (χ1) is 8.32. The molecule has 1 aromatic carbocycles. The van der Waals surface area contributed by atoms with E-state index in [9.17, 15) is 9.59 Å². The highest BCUT2D eigenvalue weighted by molar-refractivity contribution is 5.98. The summed E-state index contributed by atoms with van der Waals surface area (Å²) < 4.78 is 4.95. The molecule has 0 saturated heterocycles. The molecule has 1 aromatic rings. The normalized spacial score (nSPS) is 11.7. The number of ether oxygens (including phenoxy) is 1. The Labute approximate surface area is 105 Å². The van der Waals surface area contributed by atoms with E-state index in [1.807, 2.05) is 0 Å². The fourth-order valence-electron chi connectivity index (χ4n) is 1.39. The molecule has 0 saturated carbocycles. The summed E-state index contributed by atoms with van der Waals surface area (Å²) in [5.74, 6) is -1.32. The van der Waals surface area contributed by atoms with Gasteiger partial charge in [0.05, 0.1) is 11.3 Å². The Balaban J connectivity index is 3.04. The zero-order valence-electron chi connectivity index (χ0n) is 10.6. The second kappa shape index (κ2) is 5.39. The van der Waals surface area contributed by atoms with E-state index in [1.165, 1.54) is 13.0 Å². The Hall–Kier alpha value is -2.24. The third kappa shape index (κ3) is 3.13. The Kier molecular flexibility index (Phi) is 4.14. The summed E-state index contributed by atoms with van der Waals surface area (Å²) in [6, 6.07) is 4.90. The van der Waals surface area contributed by atoms with Crippen LogP contribution in [0, 0.1) is 0 Å². The number of nitrogens with zero attached hydrogens (tertiary/aromatic N) is 1. The largest absolute Gasteiger partial charge is 0.449 e. The maximum atomic E-state index is 11.9. The number of anilines is 2. The van der Waals surface area contributed by atoms with Gasteiger partial charge in [0.25, 0.3) is 5.91 Å². The number of esters is 1. The van der Waals surface area contributed by atoms with Crippen molar-refractivity contribution in [3.63, 3.8) is 0 Å². The molecule has 4 N–H and O–H groups in total. The van der Waals surface area contributed by atoms with Crippen LogP contribution in [0.3, 0.4) is 0 Å². The van der Waals surface area contributed by atoms with Crippen LogP contribution in [0.4, 0.5) is 11.4 Å². The topological polar surface area (TPSA) is 98.7 Å². The van der Waals surface area contributed by atoms with E-state index >= 15 is 0 Å². The predicted octanol–water partition coefficient (Wildman–Crippen LogP) is 0.365. The first-order valence-electron chi connectivity index (χ1n) is 5.40. The quantitative estimate of drug-likeness (QED) is 0.595. The van der Waals surface area contributed by atoms with Gasteiger partial charge < -0.3 is 21.1 Å². The molecule has 98 valence electrons. The highest BCUT2D eigenvalue weighted by atomic mass is 16.5. The summed E-state index contributed by atoms with van der Waals surface area (Å²) in [7, 11) is 3.58. The van der Waals surface area contributed by atoms with Gasteiger partial charge in [-0.15, -0.1) is 0 Å². The lowest BCUT2D eigenvalue weighted by molar-refractivity contribution is -0.125. The third-order valence-electron chi connectivity index (χ3n) is 2.41. The molecule has 0 aliphatic rings. The number of carbonyl (C=O) groups is 2. The Morgan fingerprint density at radius 1 is 1.33 bits per heavy atom. The smallest absolute Gasteiger partial charge is 0.341 e. The van der Waals surface area contributed by atoms with Crippen LogP contribution in [-0.2, 0) is 9.53 Å². The molecule has 0 aliphatic heterocycles. The summed E-state index contributed by atoms with van der Waals surface area (Å²) >= 11 is 0. The SMILES string of the molecule is CC(OC(=O)c1cc(N)ccc1N(C)C)C(N)=O. The summed E-state index contributed by atoms with van der Waals surface area (Å²) in [4.78, 5) is 24.5. The van der Waals surface area contributed by atoms with Gasteiger partial charge >= 0.3 is 5.97 Å². The van der Waals surface area contributed by atoms with E-state index in [2.05, 4.69) is 0 Å². The number of nitrogen functional groups attached to an aromatic ring is 1. The lowest BCUT2D eigenvalue weighted by Crippen LogP contribution is -2.31. The number of rotatable bonds is 4. The minimum atomic E-state index is -0.978. The molecule has 0 fully saturated rings. The fraction of sp³-hybridized carbons (Fsp3) is 0.333. The fourth-order valence-corrected chi connectivity index (χ4v) is 1.39. The monoisotopic (exact) mass is 251 g/mol. The van der Waals surface area contributed by atoms with Gasteiger partial charge in [-0.1, -0.05) is 0 Å². The van der Waals surface area contributed by atoms with Gasteiger partial charge in [0.2, 0.25) is 0 Å².